The van der Waals surface area contributed by atoms with E-state index in [-0.39, 0.29) is 27.2 Å². The zero-order chi connectivity index (χ0) is 19.6. The van der Waals surface area contributed by atoms with Crippen molar-refractivity contribution in [2.45, 2.75) is 6.92 Å². The van der Waals surface area contributed by atoms with Gasteiger partial charge < -0.3 is 5.32 Å². The molecule has 3 rings (SSSR count). The van der Waals surface area contributed by atoms with Gasteiger partial charge in [-0.15, -0.1) is 0 Å². The van der Waals surface area contributed by atoms with Crippen molar-refractivity contribution < 1.29 is 14.0 Å². The molecule has 0 fully saturated rings. The van der Waals surface area contributed by atoms with Crippen LogP contribution in [0.2, 0.25) is 10.0 Å². The Morgan fingerprint density at radius 2 is 1.78 bits per heavy atom. The second-order valence-electron chi connectivity index (χ2n) is 5.56. The van der Waals surface area contributed by atoms with Crippen molar-refractivity contribution in [1.82, 2.24) is 10.4 Å². The van der Waals surface area contributed by atoms with Crippen LogP contribution in [0.5, 0.6) is 0 Å². The van der Waals surface area contributed by atoms with Gasteiger partial charge in [-0.25, -0.2) is 4.39 Å². The summed E-state index contributed by atoms with van der Waals surface area (Å²) < 4.78 is 14.1. The molecule has 6 nitrogen and oxygen atoms in total. The molecule has 0 radical (unpaired) electrons. The average molecular weight is 407 g/mol. The number of nitrogens with zero attached hydrogens (tertiary/aromatic N) is 1. The van der Waals surface area contributed by atoms with Crippen LogP contribution in [0.25, 0.3) is 10.9 Å². The van der Waals surface area contributed by atoms with Crippen LogP contribution >= 0.6 is 23.2 Å². The number of amides is 2. The number of carbonyl (C=O) groups excluding carboxylic acids is 2. The van der Waals surface area contributed by atoms with Crippen molar-refractivity contribution >= 4 is 57.3 Å². The fourth-order valence-corrected chi connectivity index (χ4v) is 3.05. The molecule has 3 aromatic rings. The van der Waals surface area contributed by atoms with Crippen molar-refractivity contribution in [3.63, 3.8) is 0 Å². The molecule has 0 saturated heterocycles. The summed E-state index contributed by atoms with van der Waals surface area (Å²) >= 11 is 12.1. The van der Waals surface area contributed by atoms with Gasteiger partial charge in [0, 0.05) is 18.5 Å². The third-order valence-electron chi connectivity index (χ3n) is 3.62. The van der Waals surface area contributed by atoms with Gasteiger partial charge in [0.15, 0.2) is 0 Å². The molecule has 0 unspecified atom stereocenters. The van der Waals surface area contributed by atoms with Gasteiger partial charge in [-0.3, -0.25) is 25.4 Å². The first-order chi connectivity index (χ1) is 12.9. The van der Waals surface area contributed by atoms with Gasteiger partial charge in [-0.2, -0.15) is 0 Å². The van der Waals surface area contributed by atoms with Crippen molar-refractivity contribution in [1.29, 1.82) is 0 Å². The number of hydrazine groups is 1. The number of hydrogen-bond acceptors (Lipinski definition) is 4. The number of halogens is 3. The highest BCUT2D eigenvalue weighted by molar-refractivity contribution is 6.40. The minimum Gasteiger partial charge on any atom is -0.320 e. The molecular formula is C18H13Cl2FN4O2. The molecule has 2 amide bonds. The Kier molecular flexibility index (Phi) is 5.43. The lowest BCUT2D eigenvalue weighted by Crippen LogP contribution is -2.26. The lowest BCUT2D eigenvalue weighted by Gasteiger charge is -2.13. The van der Waals surface area contributed by atoms with Gasteiger partial charge in [0.1, 0.15) is 5.82 Å². The van der Waals surface area contributed by atoms with Crippen molar-refractivity contribution in [2.24, 2.45) is 0 Å². The Morgan fingerprint density at radius 1 is 1.07 bits per heavy atom. The SMILES string of the molecule is CC(=O)NNc1ccnc2c(NC(=O)c3c(Cl)cccc3Cl)cc(F)cc12. The smallest absolute Gasteiger partial charge is 0.258 e. The van der Waals surface area contributed by atoms with E-state index in [1.54, 1.807) is 12.1 Å². The lowest BCUT2D eigenvalue weighted by molar-refractivity contribution is -0.118. The highest BCUT2D eigenvalue weighted by Gasteiger charge is 2.17. The zero-order valence-electron chi connectivity index (χ0n) is 13.9. The Balaban J connectivity index is 2.03. The Labute approximate surface area is 163 Å². The number of rotatable bonds is 4. The number of anilines is 2. The summed E-state index contributed by atoms with van der Waals surface area (Å²) in [6.07, 6.45) is 1.46. The van der Waals surface area contributed by atoms with Gasteiger partial charge in [-0.1, -0.05) is 29.3 Å². The van der Waals surface area contributed by atoms with E-state index >= 15 is 0 Å². The molecule has 1 aromatic heterocycles. The van der Waals surface area contributed by atoms with Crippen LogP contribution in [0.4, 0.5) is 15.8 Å². The Hall–Kier alpha value is -2.90. The molecule has 0 aliphatic rings. The number of pyridine rings is 1. The van der Waals surface area contributed by atoms with Crippen LogP contribution in [-0.4, -0.2) is 16.8 Å². The van der Waals surface area contributed by atoms with Crippen molar-refractivity contribution in [3.8, 4) is 0 Å². The summed E-state index contributed by atoms with van der Waals surface area (Å²) in [6, 6.07) is 8.61. The van der Waals surface area contributed by atoms with Crippen LogP contribution in [0.15, 0.2) is 42.6 Å². The van der Waals surface area contributed by atoms with Gasteiger partial charge in [0.05, 0.1) is 32.5 Å². The van der Waals surface area contributed by atoms with E-state index in [0.717, 1.165) is 6.07 Å². The minimum absolute atomic E-state index is 0.0748. The number of benzene rings is 2. The van der Waals surface area contributed by atoms with Crippen LogP contribution in [-0.2, 0) is 4.79 Å². The number of aromatic nitrogens is 1. The molecule has 27 heavy (non-hydrogen) atoms. The summed E-state index contributed by atoms with van der Waals surface area (Å²) in [5.74, 6) is -1.51. The summed E-state index contributed by atoms with van der Waals surface area (Å²) in [5.41, 5.74) is 6.05. The van der Waals surface area contributed by atoms with Crippen molar-refractivity contribution in [3.05, 3.63) is 64.0 Å². The molecule has 0 aliphatic heterocycles. The van der Waals surface area contributed by atoms with E-state index < -0.39 is 11.7 Å². The lowest BCUT2D eigenvalue weighted by atomic mass is 10.1. The van der Waals surface area contributed by atoms with E-state index in [9.17, 15) is 14.0 Å². The molecule has 0 spiro atoms. The summed E-state index contributed by atoms with van der Waals surface area (Å²) in [5, 5.41) is 3.29. The number of carbonyl (C=O) groups is 2. The van der Waals surface area contributed by atoms with E-state index in [0.29, 0.717) is 16.6 Å². The van der Waals surface area contributed by atoms with Gasteiger partial charge in [0.2, 0.25) is 5.91 Å². The van der Waals surface area contributed by atoms with E-state index in [4.69, 9.17) is 23.2 Å². The molecule has 0 aliphatic carbocycles. The first-order valence-corrected chi connectivity index (χ1v) is 8.48. The maximum Gasteiger partial charge on any atom is 0.258 e. The first-order valence-electron chi connectivity index (χ1n) is 7.73. The standard InChI is InChI=1S/C18H13Cl2FN4O2/c1-9(26)24-25-14-5-6-22-17-11(14)7-10(21)8-15(17)23-18(27)16-12(19)3-2-4-13(16)20/h2-8H,1H3,(H,22,25)(H,23,27)(H,24,26). The first kappa shape index (κ1) is 18.9. The molecule has 1 heterocycles. The monoisotopic (exact) mass is 406 g/mol. The van der Waals surface area contributed by atoms with Gasteiger partial charge in [-0.05, 0) is 30.3 Å². The molecule has 9 heteroatoms. The number of hydrogen-bond donors (Lipinski definition) is 3. The highest BCUT2D eigenvalue weighted by Crippen LogP contribution is 2.30. The highest BCUT2D eigenvalue weighted by atomic mass is 35.5. The van der Waals surface area contributed by atoms with Crippen LogP contribution in [0.1, 0.15) is 17.3 Å². The molecule has 0 bridgehead atoms. The summed E-state index contributed by atoms with van der Waals surface area (Å²) in [7, 11) is 0. The molecular weight excluding hydrogens is 394 g/mol. The molecule has 0 saturated carbocycles. The number of nitrogens with one attached hydrogen (secondary N) is 3. The van der Waals surface area contributed by atoms with E-state index in [1.165, 1.54) is 31.3 Å². The molecule has 138 valence electrons. The van der Waals surface area contributed by atoms with Crippen molar-refractivity contribution in [2.75, 3.05) is 10.7 Å². The summed E-state index contributed by atoms with van der Waals surface area (Å²) in [4.78, 5) is 27.9. The van der Waals surface area contributed by atoms with Crippen LogP contribution in [0, 0.1) is 5.82 Å². The molecule has 2 aromatic carbocycles. The fourth-order valence-electron chi connectivity index (χ4n) is 2.48. The maximum absolute atomic E-state index is 14.1. The second kappa shape index (κ2) is 7.77. The third kappa shape index (κ3) is 4.10. The van der Waals surface area contributed by atoms with Crippen LogP contribution < -0.4 is 16.2 Å². The fraction of sp³-hybridized carbons (Fsp3) is 0.0556. The maximum atomic E-state index is 14.1. The predicted molar refractivity (Wildman–Crippen MR) is 104 cm³/mol. The largest absolute Gasteiger partial charge is 0.320 e. The predicted octanol–water partition coefficient (Wildman–Crippen LogP) is 4.40. The second-order valence-corrected chi connectivity index (χ2v) is 6.38. The van der Waals surface area contributed by atoms with Gasteiger partial charge in [0.25, 0.3) is 5.91 Å². The zero-order valence-corrected chi connectivity index (χ0v) is 15.5. The van der Waals surface area contributed by atoms with E-state index in [1.807, 2.05) is 0 Å². The topological polar surface area (TPSA) is 83.1 Å². The molecule has 0 atom stereocenters. The van der Waals surface area contributed by atoms with E-state index in [2.05, 4.69) is 21.2 Å². The third-order valence-corrected chi connectivity index (χ3v) is 4.25. The number of fused-ring (bicyclic) bond motifs is 1. The molecule has 3 N–H and O–H groups in total. The summed E-state index contributed by atoms with van der Waals surface area (Å²) in [6.45, 7) is 1.33. The average Bonchev–Trinajstić information content (AvgIpc) is 2.59. The Bertz CT molecular complexity index is 1040. The quantitative estimate of drug-likeness (QED) is 0.560. The Morgan fingerprint density at radius 3 is 2.44 bits per heavy atom. The minimum atomic E-state index is -0.598. The van der Waals surface area contributed by atoms with Crippen LogP contribution in [0.3, 0.4) is 0 Å². The van der Waals surface area contributed by atoms with Gasteiger partial charge >= 0.3 is 0 Å². The normalized spacial score (nSPS) is 10.5.